The Kier molecular flexibility index (Phi) is 6.18. The summed E-state index contributed by atoms with van der Waals surface area (Å²) in [7, 11) is 0. The molecule has 0 amide bonds. The number of aliphatic hydroxyl groups is 3. The first-order valence-corrected chi connectivity index (χ1v) is 14.2. The monoisotopic (exact) mass is 506 g/mol. The Bertz CT molecular complexity index is 1130. The summed E-state index contributed by atoms with van der Waals surface area (Å²) in [5, 5.41) is 32.4. The molecule has 37 heavy (non-hydrogen) atoms. The van der Waals surface area contributed by atoms with Crippen LogP contribution in [0.15, 0.2) is 35.4 Å². The van der Waals surface area contributed by atoms with E-state index in [-0.39, 0.29) is 29.5 Å². The maximum atomic E-state index is 12.2. The molecule has 5 heteroatoms. The van der Waals surface area contributed by atoms with Gasteiger partial charge in [-0.05, 0) is 79.0 Å². The highest BCUT2D eigenvalue weighted by Gasteiger charge is 2.60. The summed E-state index contributed by atoms with van der Waals surface area (Å²) < 4.78 is 12.7. The van der Waals surface area contributed by atoms with Gasteiger partial charge in [-0.3, -0.25) is 0 Å². The normalized spacial score (nSPS) is 39.8. The lowest BCUT2D eigenvalue weighted by molar-refractivity contribution is -0.322. The van der Waals surface area contributed by atoms with Crippen molar-refractivity contribution in [3.63, 3.8) is 0 Å². The number of hydrogen-bond donors (Lipinski definition) is 3. The minimum absolute atomic E-state index is 0.000217. The van der Waals surface area contributed by atoms with Crippen LogP contribution in [0.5, 0.6) is 0 Å². The van der Waals surface area contributed by atoms with E-state index in [0.717, 1.165) is 50.5 Å². The van der Waals surface area contributed by atoms with E-state index in [4.69, 9.17) is 14.6 Å². The average molecular weight is 507 g/mol. The minimum atomic E-state index is -0.901. The van der Waals surface area contributed by atoms with Crippen molar-refractivity contribution in [1.82, 2.24) is 0 Å². The van der Waals surface area contributed by atoms with Crippen LogP contribution in [-0.2, 0) is 9.47 Å². The van der Waals surface area contributed by atoms with Crippen molar-refractivity contribution in [1.29, 1.82) is 0 Å². The topological polar surface area (TPSA) is 79.2 Å². The van der Waals surface area contributed by atoms with E-state index >= 15 is 0 Å². The van der Waals surface area contributed by atoms with Gasteiger partial charge in [0.05, 0.1) is 24.9 Å². The zero-order valence-corrected chi connectivity index (χ0v) is 22.6. The van der Waals surface area contributed by atoms with Crippen molar-refractivity contribution in [3.05, 3.63) is 46.5 Å². The number of ether oxygens (including phenoxy) is 2. The molecule has 0 bridgehead atoms. The lowest BCUT2D eigenvalue weighted by Gasteiger charge is -2.57. The fourth-order valence-electron chi connectivity index (χ4n) is 8.46. The molecule has 1 heterocycles. The van der Waals surface area contributed by atoms with Gasteiger partial charge in [-0.25, -0.2) is 0 Å². The summed E-state index contributed by atoms with van der Waals surface area (Å²) in [5.74, 6) is 6.07. The van der Waals surface area contributed by atoms with Gasteiger partial charge < -0.3 is 24.8 Å². The molecule has 1 aliphatic heterocycles. The second kappa shape index (κ2) is 8.93. The molecular formula is C32H42O5. The van der Waals surface area contributed by atoms with Crippen molar-refractivity contribution in [2.75, 3.05) is 19.8 Å². The van der Waals surface area contributed by atoms with Gasteiger partial charge in [0.15, 0.2) is 5.79 Å². The number of rotatable bonds is 1. The minimum Gasteiger partial charge on any atom is -0.393 e. The van der Waals surface area contributed by atoms with Crippen LogP contribution in [-0.4, -0.2) is 52.6 Å². The highest BCUT2D eigenvalue weighted by Crippen LogP contribution is 2.65. The largest absolute Gasteiger partial charge is 0.393 e. The predicted molar refractivity (Wildman–Crippen MR) is 142 cm³/mol. The molecule has 1 spiro atoms. The van der Waals surface area contributed by atoms with E-state index in [1.165, 1.54) is 16.7 Å². The second-order valence-electron chi connectivity index (χ2n) is 13.5. The van der Waals surface area contributed by atoms with Crippen LogP contribution in [0.4, 0.5) is 0 Å². The van der Waals surface area contributed by atoms with Crippen molar-refractivity contribution in [2.24, 2.45) is 22.7 Å². The van der Waals surface area contributed by atoms with Gasteiger partial charge in [-0.15, -0.1) is 0 Å². The second-order valence-corrected chi connectivity index (χ2v) is 13.5. The van der Waals surface area contributed by atoms with Gasteiger partial charge in [-0.1, -0.05) is 50.3 Å². The number of allylic oxidation sites excluding steroid dienone is 1. The Morgan fingerprint density at radius 3 is 2.43 bits per heavy atom. The molecule has 1 aromatic carbocycles. The van der Waals surface area contributed by atoms with Crippen LogP contribution in [0.1, 0.15) is 89.2 Å². The van der Waals surface area contributed by atoms with E-state index in [0.29, 0.717) is 31.5 Å². The lowest BCUT2D eigenvalue weighted by Crippen LogP contribution is -2.57. The molecule has 5 unspecified atom stereocenters. The Labute approximate surface area is 221 Å². The summed E-state index contributed by atoms with van der Waals surface area (Å²) in [6.07, 6.45) is 6.32. The molecule has 3 saturated carbocycles. The standard InChI is InChI=1S/C32H42O5/c1-29(2)19-36-32(37-20-29)15-13-26-28-23(12-14-31(26,35)18-32)25-10-11-27(34)30(25,3)17-24(28)22-8-6-21(7-9-22)5-4-16-33/h6-9,23-25,27,33-35H,10-20H2,1-3H3/t23?,24-,25?,27?,30?,31?/m1/s1. The molecular weight excluding hydrogens is 464 g/mol. The summed E-state index contributed by atoms with van der Waals surface area (Å²) in [5.41, 5.74) is 3.77. The van der Waals surface area contributed by atoms with Crippen LogP contribution in [0.2, 0.25) is 0 Å². The number of aliphatic hydroxyl groups excluding tert-OH is 2. The van der Waals surface area contributed by atoms with Crippen molar-refractivity contribution in [3.8, 4) is 11.8 Å². The molecule has 200 valence electrons. The molecule has 4 aliphatic carbocycles. The molecule has 5 aliphatic rings. The SMILES string of the molecule is CC1(C)COC2(CCC3=C4C(CCC3(O)C2)C2CCC(O)C2(C)C[C@@H]4c2ccc(C#CCO)cc2)OC1. The summed E-state index contributed by atoms with van der Waals surface area (Å²) >= 11 is 0. The Hall–Kier alpha value is -1.68. The van der Waals surface area contributed by atoms with Gasteiger partial charge in [0.1, 0.15) is 6.61 Å². The first-order valence-electron chi connectivity index (χ1n) is 14.2. The molecule has 4 fully saturated rings. The van der Waals surface area contributed by atoms with Gasteiger partial charge in [-0.2, -0.15) is 0 Å². The zero-order valence-electron chi connectivity index (χ0n) is 22.6. The van der Waals surface area contributed by atoms with Crippen LogP contribution in [0, 0.1) is 34.5 Å². The fraction of sp³-hybridized carbons (Fsp3) is 0.688. The molecule has 6 rings (SSSR count). The van der Waals surface area contributed by atoms with E-state index in [9.17, 15) is 10.2 Å². The summed E-state index contributed by atoms with van der Waals surface area (Å²) in [6, 6.07) is 8.40. The van der Waals surface area contributed by atoms with Crippen LogP contribution < -0.4 is 0 Å². The summed E-state index contributed by atoms with van der Waals surface area (Å²) in [4.78, 5) is 0. The fourth-order valence-corrected chi connectivity index (χ4v) is 8.46. The van der Waals surface area contributed by atoms with Crippen molar-refractivity contribution < 1.29 is 24.8 Å². The smallest absolute Gasteiger partial charge is 0.171 e. The Morgan fingerprint density at radius 1 is 1.00 bits per heavy atom. The number of benzene rings is 1. The third kappa shape index (κ3) is 4.21. The maximum absolute atomic E-state index is 12.2. The van der Waals surface area contributed by atoms with Gasteiger partial charge in [0.25, 0.3) is 0 Å². The number of fused-ring (bicyclic) bond motifs is 4. The first kappa shape index (κ1) is 25.6. The molecule has 0 radical (unpaired) electrons. The Balaban J connectivity index is 1.40. The van der Waals surface area contributed by atoms with Gasteiger partial charge in [0, 0.05) is 29.7 Å². The van der Waals surface area contributed by atoms with Crippen LogP contribution in [0.3, 0.4) is 0 Å². The van der Waals surface area contributed by atoms with Crippen LogP contribution >= 0.6 is 0 Å². The molecule has 6 atom stereocenters. The summed E-state index contributed by atoms with van der Waals surface area (Å²) in [6.45, 7) is 7.79. The number of hydrogen-bond acceptors (Lipinski definition) is 5. The zero-order chi connectivity index (χ0) is 26.1. The van der Waals surface area contributed by atoms with E-state index in [1.54, 1.807) is 0 Å². The van der Waals surface area contributed by atoms with Crippen molar-refractivity contribution >= 4 is 0 Å². The predicted octanol–water partition coefficient (Wildman–Crippen LogP) is 4.69. The van der Waals surface area contributed by atoms with Gasteiger partial charge in [0.2, 0.25) is 0 Å². The molecule has 1 saturated heterocycles. The third-order valence-electron chi connectivity index (χ3n) is 10.4. The third-order valence-corrected chi connectivity index (χ3v) is 10.4. The van der Waals surface area contributed by atoms with Crippen molar-refractivity contribution in [2.45, 2.75) is 95.5 Å². The molecule has 3 N–H and O–H groups in total. The lowest BCUT2D eigenvalue weighted by atomic mass is 9.51. The molecule has 0 aromatic heterocycles. The highest BCUT2D eigenvalue weighted by atomic mass is 16.7. The van der Waals surface area contributed by atoms with E-state index in [1.807, 2.05) is 12.1 Å². The highest BCUT2D eigenvalue weighted by molar-refractivity contribution is 5.45. The van der Waals surface area contributed by atoms with Crippen LogP contribution in [0.25, 0.3) is 0 Å². The van der Waals surface area contributed by atoms with E-state index in [2.05, 4.69) is 44.7 Å². The maximum Gasteiger partial charge on any atom is 0.171 e. The van der Waals surface area contributed by atoms with Gasteiger partial charge >= 0.3 is 0 Å². The van der Waals surface area contributed by atoms with E-state index < -0.39 is 11.4 Å². The first-order chi connectivity index (χ1) is 17.6. The Morgan fingerprint density at radius 2 is 1.73 bits per heavy atom. The molecule has 1 aromatic rings. The molecule has 5 nitrogen and oxygen atoms in total. The average Bonchev–Trinajstić information content (AvgIpc) is 3.18. The quantitative estimate of drug-likeness (QED) is 0.381.